The van der Waals surface area contributed by atoms with Crippen molar-refractivity contribution in [2.24, 2.45) is 5.73 Å². The Hall–Kier alpha value is -1.55. The Morgan fingerprint density at radius 1 is 1.57 bits per heavy atom. The maximum absolute atomic E-state index is 10.8. The van der Waals surface area contributed by atoms with Gasteiger partial charge in [0, 0.05) is 6.04 Å². The Bertz CT molecular complexity index is 349. The highest BCUT2D eigenvalue weighted by Crippen LogP contribution is 2.22. The fourth-order valence-corrected chi connectivity index (χ4v) is 1.27. The molecule has 0 aliphatic rings. The van der Waals surface area contributed by atoms with Crippen LogP contribution in [0.5, 0.6) is 5.75 Å². The Morgan fingerprint density at radius 3 is 2.71 bits per heavy atom. The summed E-state index contributed by atoms with van der Waals surface area (Å²) in [6, 6.07) is 3.90. The van der Waals surface area contributed by atoms with Gasteiger partial charge in [0.2, 0.25) is 0 Å². The minimum Gasteiger partial charge on any atom is -0.508 e. The molecule has 0 aliphatic carbocycles. The van der Waals surface area contributed by atoms with E-state index in [4.69, 9.17) is 15.9 Å². The van der Waals surface area contributed by atoms with Crippen molar-refractivity contribution in [3.8, 4) is 5.75 Å². The highest BCUT2D eigenvalue weighted by atomic mass is 16.4. The van der Waals surface area contributed by atoms with Crippen LogP contribution in [-0.4, -0.2) is 16.2 Å². The molecule has 0 heterocycles. The standard InChI is InChI=1S/C10H13NO3/c1-2-9(11)7-4-3-6(12)5-8(7)10(13)14/h3-5,9,12H,2,11H2,1H3,(H,13,14). The van der Waals surface area contributed by atoms with E-state index in [1.807, 2.05) is 6.92 Å². The van der Waals surface area contributed by atoms with E-state index >= 15 is 0 Å². The van der Waals surface area contributed by atoms with Crippen molar-refractivity contribution in [3.05, 3.63) is 29.3 Å². The van der Waals surface area contributed by atoms with Gasteiger partial charge in [-0.25, -0.2) is 4.79 Å². The number of carboxylic acids is 1. The molecular formula is C10H13NO3. The second-order valence-corrected chi connectivity index (χ2v) is 3.09. The number of aromatic carboxylic acids is 1. The van der Waals surface area contributed by atoms with Gasteiger partial charge in [-0.15, -0.1) is 0 Å². The van der Waals surface area contributed by atoms with Crippen LogP contribution in [0.25, 0.3) is 0 Å². The largest absolute Gasteiger partial charge is 0.508 e. The number of hydrogen-bond acceptors (Lipinski definition) is 3. The average molecular weight is 195 g/mol. The molecule has 76 valence electrons. The maximum Gasteiger partial charge on any atom is 0.336 e. The molecule has 0 spiro atoms. The van der Waals surface area contributed by atoms with Gasteiger partial charge >= 0.3 is 5.97 Å². The Morgan fingerprint density at radius 2 is 2.21 bits per heavy atom. The van der Waals surface area contributed by atoms with Crippen LogP contribution in [0.4, 0.5) is 0 Å². The maximum atomic E-state index is 10.8. The van der Waals surface area contributed by atoms with Crippen LogP contribution < -0.4 is 5.73 Å². The van der Waals surface area contributed by atoms with E-state index in [0.29, 0.717) is 12.0 Å². The van der Waals surface area contributed by atoms with Gasteiger partial charge in [0.05, 0.1) is 5.56 Å². The van der Waals surface area contributed by atoms with E-state index in [1.165, 1.54) is 12.1 Å². The van der Waals surface area contributed by atoms with Crippen molar-refractivity contribution in [3.63, 3.8) is 0 Å². The molecule has 0 bridgehead atoms. The average Bonchev–Trinajstić information content (AvgIpc) is 2.16. The molecule has 0 saturated carbocycles. The monoisotopic (exact) mass is 195 g/mol. The number of phenols is 1. The first kappa shape index (κ1) is 10.5. The van der Waals surface area contributed by atoms with Crippen molar-refractivity contribution in [2.45, 2.75) is 19.4 Å². The Balaban J connectivity index is 3.21. The van der Waals surface area contributed by atoms with E-state index in [0.717, 1.165) is 0 Å². The number of carboxylic acid groups (broad SMARTS) is 1. The third-order valence-electron chi connectivity index (χ3n) is 2.11. The van der Waals surface area contributed by atoms with Crippen LogP contribution in [-0.2, 0) is 0 Å². The molecule has 4 nitrogen and oxygen atoms in total. The van der Waals surface area contributed by atoms with Gasteiger partial charge in [-0.05, 0) is 24.1 Å². The molecule has 0 aromatic heterocycles. The second-order valence-electron chi connectivity index (χ2n) is 3.09. The molecule has 1 atom stereocenters. The molecule has 4 heteroatoms. The van der Waals surface area contributed by atoms with Crippen molar-refractivity contribution in [2.75, 3.05) is 0 Å². The SMILES string of the molecule is CCC(N)c1ccc(O)cc1C(=O)O. The fraction of sp³-hybridized carbons (Fsp3) is 0.300. The Kier molecular flexibility index (Phi) is 3.09. The Labute approximate surface area is 82.0 Å². The molecule has 1 rings (SSSR count). The molecule has 0 aliphatic heterocycles. The zero-order valence-corrected chi connectivity index (χ0v) is 7.90. The van der Waals surface area contributed by atoms with Crippen LogP contribution >= 0.6 is 0 Å². The summed E-state index contributed by atoms with van der Waals surface area (Å²) in [4.78, 5) is 10.8. The molecule has 4 N–H and O–H groups in total. The predicted octanol–water partition coefficient (Wildman–Crippen LogP) is 1.50. The van der Waals surface area contributed by atoms with Gasteiger partial charge in [-0.3, -0.25) is 0 Å². The van der Waals surface area contributed by atoms with Gasteiger partial charge in [0.1, 0.15) is 5.75 Å². The van der Waals surface area contributed by atoms with E-state index < -0.39 is 5.97 Å². The zero-order chi connectivity index (χ0) is 10.7. The topological polar surface area (TPSA) is 83.5 Å². The third-order valence-corrected chi connectivity index (χ3v) is 2.11. The number of benzene rings is 1. The van der Waals surface area contributed by atoms with E-state index in [1.54, 1.807) is 6.07 Å². The molecule has 0 radical (unpaired) electrons. The van der Waals surface area contributed by atoms with E-state index in [9.17, 15) is 4.79 Å². The first-order valence-electron chi connectivity index (χ1n) is 4.38. The second kappa shape index (κ2) is 4.11. The number of carbonyl (C=O) groups is 1. The summed E-state index contributed by atoms with van der Waals surface area (Å²) in [5, 5.41) is 18.0. The summed E-state index contributed by atoms with van der Waals surface area (Å²) < 4.78 is 0. The summed E-state index contributed by atoms with van der Waals surface area (Å²) in [7, 11) is 0. The quantitative estimate of drug-likeness (QED) is 0.682. The van der Waals surface area contributed by atoms with Gasteiger partial charge in [0.25, 0.3) is 0 Å². The minimum absolute atomic E-state index is 0.0607. The lowest BCUT2D eigenvalue weighted by atomic mass is 9.99. The lowest BCUT2D eigenvalue weighted by Gasteiger charge is -2.12. The van der Waals surface area contributed by atoms with Gasteiger partial charge in [0.15, 0.2) is 0 Å². The third kappa shape index (κ3) is 2.03. The molecule has 1 aromatic rings. The summed E-state index contributed by atoms with van der Waals surface area (Å²) in [5.41, 5.74) is 6.36. The molecule has 0 fully saturated rings. The molecule has 1 aromatic carbocycles. The summed E-state index contributed by atoms with van der Waals surface area (Å²) in [6.45, 7) is 1.88. The summed E-state index contributed by atoms with van der Waals surface area (Å²) >= 11 is 0. The fourth-order valence-electron chi connectivity index (χ4n) is 1.27. The number of phenolic OH excluding ortho intramolecular Hbond substituents is 1. The van der Waals surface area contributed by atoms with Crippen molar-refractivity contribution >= 4 is 5.97 Å². The summed E-state index contributed by atoms with van der Waals surface area (Å²) in [5.74, 6) is -1.13. The van der Waals surface area contributed by atoms with Crippen LogP contribution in [0.3, 0.4) is 0 Å². The van der Waals surface area contributed by atoms with Crippen LogP contribution in [0.1, 0.15) is 35.3 Å². The van der Waals surface area contributed by atoms with E-state index in [-0.39, 0.29) is 17.4 Å². The molecule has 14 heavy (non-hydrogen) atoms. The number of nitrogens with two attached hydrogens (primary N) is 1. The van der Waals surface area contributed by atoms with Crippen LogP contribution in [0.2, 0.25) is 0 Å². The van der Waals surface area contributed by atoms with Crippen molar-refractivity contribution in [1.29, 1.82) is 0 Å². The van der Waals surface area contributed by atoms with Crippen molar-refractivity contribution in [1.82, 2.24) is 0 Å². The predicted molar refractivity (Wildman–Crippen MR) is 52.3 cm³/mol. The van der Waals surface area contributed by atoms with Crippen LogP contribution in [0, 0.1) is 0 Å². The van der Waals surface area contributed by atoms with Crippen LogP contribution in [0.15, 0.2) is 18.2 Å². The molecular weight excluding hydrogens is 182 g/mol. The lowest BCUT2D eigenvalue weighted by molar-refractivity contribution is 0.0694. The van der Waals surface area contributed by atoms with Crippen molar-refractivity contribution < 1.29 is 15.0 Å². The highest BCUT2D eigenvalue weighted by Gasteiger charge is 2.15. The smallest absolute Gasteiger partial charge is 0.336 e. The molecule has 1 unspecified atom stereocenters. The summed E-state index contributed by atoms with van der Waals surface area (Å²) in [6.07, 6.45) is 0.658. The highest BCUT2D eigenvalue weighted by molar-refractivity contribution is 5.90. The minimum atomic E-state index is -1.07. The molecule has 0 amide bonds. The lowest BCUT2D eigenvalue weighted by Crippen LogP contribution is -2.13. The normalized spacial score (nSPS) is 12.4. The number of rotatable bonds is 3. The zero-order valence-electron chi connectivity index (χ0n) is 7.90. The van der Waals surface area contributed by atoms with Gasteiger partial charge in [-0.1, -0.05) is 13.0 Å². The molecule has 0 saturated heterocycles. The number of hydrogen-bond donors (Lipinski definition) is 3. The number of aromatic hydroxyl groups is 1. The van der Waals surface area contributed by atoms with Gasteiger partial charge < -0.3 is 15.9 Å². The first-order chi connectivity index (χ1) is 6.56. The van der Waals surface area contributed by atoms with Gasteiger partial charge in [-0.2, -0.15) is 0 Å². The first-order valence-corrected chi connectivity index (χ1v) is 4.38. The van der Waals surface area contributed by atoms with E-state index in [2.05, 4.69) is 0 Å².